The fraction of sp³-hybridized carbons (Fsp3) is 1.00. The van der Waals surface area contributed by atoms with Crippen molar-refractivity contribution in [3.05, 3.63) is 0 Å². The van der Waals surface area contributed by atoms with Crippen molar-refractivity contribution in [1.29, 1.82) is 0 Å². The molecule has 1 rings (SSSR count). The van der Waals surface area contributed by atoms with Crippen molar-refractivity contribution < 1.29 is 13.2 Å². The van der Waals surface area contributed by atoms with E-state index in [2.05, 4.69) is 5.32 Å². The summed E-state index contributed by atoms with van der Waals surface area (Å²) in [5.41, 5.74) is 0. The highest BCUT2D eigenvalue weighted by molar-refractivity contribution is 7.89. The molecule has 0 aromatic carbocycles. The zero-order chi connectivity index (χ0) is 12.0. The molecule has 0 bridgehead atoms. The van der Waals surface area contributed by atoms with Crippen LogP contribution in [0.15, 0.2) is 0 Å². The largest absolute Gasteiger partial charge is 0.384 e. The quantitative estimate of drug-likeness (QED) is 0.723. The van der Waals surface area contributed by atoms with Gasteiger partial charge in [-0.3, -0.25) is 0 Å². The number of nitrogens with zero attached hydrogens (tertiary/aromatic N) is 1. The summed E-state index contributed by atoms with van der Waals surface area (Å²) >= 11 is 0. The second kappa shape index (κ2) is 6.54. The van der Waals surface area contributed by atoms with Crippen molar-refractivity contribution in [2.75, 3.05) is 39.1 Å². The summed E-state index contributed by atoms with van der Waals surface area (Å²) in [6.07, 6.45) is 1.99. The van der Waals surface area contributed by atoms with Crippen LogP contribution in [0, 0.1) is 0 Å². The molecule has 1 N–H and O–H groups in total. The number of ether oxygens (including phenoxy) is 1. The minimum Gasteiger partial charge on any atom is -0.384 e. The average molecular weight is 250 g/mol. The third-order valence-electron chi connectivity index (χ3n) is 2.82. The monoisotopic (exact) mass is 250 g/mol. The molecule has 0 aliphatic carbocycles. The molecule has 0 aromatic heterocycles. The van der Waals surface area contributed by atoms with E-state index < -0.39 is 10.0 Å². The maximum atomic E-state index is 11.9. The highest BCUT2D eigenvalue weighted by Gasteiger charge is 2.27. The average Bonchev–Trinajstić information content (AvgIpc) is 2.27. The summed E-state index contributed by atoms with van der Waals surface area (Å²) in [4.78, 5) is 0. The van der Waals surface area contributed by atoms with Crippen LogP contribution < -0.4 is 5.32 Å². The zero-order valence-corrected chi connectivity index (χ0v) is 10.9. The molecule has 16 heavy (non-hydrogen) atoms. The van der Waals surface area contributed by atoms with Gasteiger partial charge in [0, 0.05) is 26.2 Å². The summed E-state index contributed by atoms with van der Waals surface area (Å²) in [6.45, 7) is 4.44. The Morgan fingerprint density at radius 1 is 1.50 bits per heavy atom. The Balaban J connectivity index is 2.52. The van der Waals surface area contributed by atoms with Gasteiger partial charge in [0.25, 0.3) is 0 Å². The molecule has 1 fully saturated rings. The molecule has 1 saturated heterocycles. The van der Waals surface area contributed by atoms with E-state index in [1.54, 1.807) is 4.31 Å². The molecule has 1 unspecified atom stereocenters. The fourth-order valence-electron chi connectivity index (χ4n) is 1.97. The SMILES string of the molecule is CCNC1CCCN(S(=O)(=O)CCOC)C1. The minimum atomic E-state index is -3.13. The van der Waals surface area contributed by atoms with Crippen LogP contribution in [0.25, 0.3) is 0 Å². The Kier molecular flexibility index (Phi) is 5.68. The number of methoxy groups -OCH3 is 1. The van der Waals surface area contributed by atoms with Gasteiger partial charge in [-0.15, -0.1) is 0 Å². The number of hydrogen-bond acceptors (Lipinski definition) is 4. The molecular weight excluding hydrogens is 228 g/mol. The Bertz CT molecular complexity index is 290. The molecule has 0 spiro atoms. The van der Waals surface area contributed by atoms with Crippen molar-refractivity contribution in [2.24, 2.45) is 0 Å². The number of likely N-dealkylation sites (N-methyl/N-ethyl adjacent to an activating group) is 1. The van der Waals surface area contributed by atoms with Gasteiger partial charge in [-0.05, 0) is 19.4 Å². The number of sulfonamides is 1. The van der Waals surface area contributed by atoms with Crippen LogP contribution in [-0.2, 0) is 14.8 Å². The normalized spacial score (nSPS) is 23.5. The van der Waals surface area contributed by atoms with Gasteiger partial charge in [-0.1, -0.05) is 6.92 Å². The number of nitrogens with one attached hydrogen (secondary N) is 1. The molecule has 0 saturated carbocycles. The Labute approximate surface area is 98.2 Å². The van der Waals surface area contributed by atoms with Crippen LogP contribution in [-0.4, -0.2) is 57.9 Å². The lowest BCUT2D eigenvalue weighted by molar-refractivity contribution is 0.213. The summed E-state index contributed by atoms with van der Waals surface area (Å²) in [6, 6.07) is 0.302. The Hall–Kier alpha value is -0.170. The number of piperidine rings is 1. The van der Waals surface area contributed by atoms with Gasteiger partial charge in [0.05, 0.1) is 12.4 Å². The van der Waals surface area contributed by atoms with Crippen LogP contribution in [0.1, 0.15) is 19.8 Å². The molecule has 1 aliphatic rings. The van der Waals surface area contributed by atoms with Crippen LogP contribution in [0.4, 0.5) is 0 Å². The first kappa shape index (κ1) is 13.9. The molecule has 1 aliphatic heterocycles. The lowest BCUT2D eigenvalue weighted by Gasteiger charge is -2.32. The minimum absolute atomic E-state index is 0.0857. The highest BCUT2D eigenvalue weighted by atomic mass is 32.2. The fourth-order valence-corrected chi connectivity index (χ4v) is 3.42. The molecule has 5 nitrogen and oxygen atoms in total. The zero-order valence-electron chi connectivity index (χ0n) is 10.1. The topological polar surface area (TPSA) is 58.6 Å². The molecule has 6 heteroatoms. The maximum Gasteiger partial charge on any atom is 0.216 e. The number of rotatable bonds is 6. The van der Waals surface area contributed by atoms with Gasteiger partial charge in [0.2, 0.25) is 10.0 Å². The molecule has 0 aromatic rings. The first-order valence-corrected chi connectivity index (χ1v) is 7.41. The highest BCUT2D eigenvalue weighted by Crippen LogP contribution is 2.14. The predicted molar refractivity (Wildman–Crippen MR) is 63.9 cm³/mol. The van der Waals surface area contributed by atoms with Gasteiger partial charge in [-0.25, -0.2) is 12.7 Å². The van der Waals surface area contributed by atoms with E-state index in [-0.39, 0.29) is 12.4 Å². The molecular formula is C10H22N2O3S. The van der Waals surface area contributed by atoms with Crippen molar-refractivity contribution in [3.8, 4) is 0 Å². The number of hydrogen-bond donors (Lipinski definition) is 1. The Morgan fingerprint density at radius 2 is 2.25 bits per heavy atom. The smallest absolute Gasteiger partial charge is 0.216 e. The third-order valence-corrected chi connectivity index (χ3v) is 4.62. The van der Waals surface area contributed by atoms with E-state index in [4.69, 9.17) is 4.74 Å². The van der Waals surface area contributed by atoms with E-state index >= 15 is 0 Å². The lowest BCUT2D eigenvalue weighted by atomic mass is 10.1. The predicted octanol–water partition coefficient (Wildman–Crippen LogP) is 0.0365. The van der Waals surface area contributed by atoms with E-state index in [1.807, 2.05) is 6.92 Å². The van der Waals surface area contributed by atoms with E-state index in [0.717, 1.165) is 19.4 Å². The second-order valence-corrected chi connectivity index (χ2v) is 6.15. The molecule has 96 valence electrons. The summed E-state index contributed by atoms with van der Waals surface area (Å²) < 4.78 is 30.2. The summed E-state index contributed by atoms with van der Waals surface area (Å²) in [7, 11) is -1.61. The molecule has 1 heterocycles. The van der Waals surface area contributed by atoms with Gasteiger partial charge in [-0.2, -0.15) is 0 Å². The van der Waals surface area contributed by atoms with Gasteiger partial charge in [0.1, 0.15) is 0 Å². The summed E-state index contributed by atoms with van der Waals surface area (Å²) in [5, 5.41) is 3.31. The summed E-state index contributed by atoms with van der Waals surface area (Å²) in [5.74, 6) is 0.0857. The molecule has 0 amide bonds. The van der Waals surface area contributed by atoms with Crippen molar-refractivity contribution >= 4 is 10.0 Å². The standard InChI is InChI=1S/C10H22N2O3S/c1-3-11-10-5-4-6-12(9-10)16(13,14)8-7-15-2/h10-11H,3-9H2,1-2H3. The van der Waals surface area contributed by atoms with Crippen LogP contribution >= 0.6 is 0 Å². The van der Waals surface area contributed by atoms with Gasteiger partial charge >= 0.3 is 0 Å². The first-order chi connectivity index (χ1) is 7.60. The van der Waals surface area contributed by atoms with E-state index in [0.29, 0.717) is 19.1 Å². The first-order valence-electron chi connectivity index (χ1n) is 5.80. The molecule has 1 atom stereocenters. The van der Waals surface area contributed by atoms with Crippen molar-refractivity contribution in [2.45, 2.75) is 25.8 Å². The maximum absolute atomic E-state index is 11.9. The van der Waals surface area contributed by atoms with E-state index in [9.17, 15) is 8.42 Å². The van der Waals surface area contributed by atoms with Crippen LogP contribution in [0.5, 0.6) is 0 Å². The van der Waals surface area contributed by atoms with Crippen molar-refractivity contribution in [3.63, 3.8) is 0 Å². The van der Waals surface area contributed by atoms with Gasteiger partial charge in [0.15, 0.2) is 0 Å². The van der Waals surface area contributed by atoms with Crippen molar-refractivity contribution in [1.82, 2.24) is 9.62 Å². The van der Waals surface area contributed by atoms with Crippen LogP contribution in [0.3, 0.4) is 0 Å². The van der Waals surface area contributed by atoms with Gasteiger partial charge < -0.3 is 10.1 Å². The second-order valence-electron chi connectivity index (χ2n) is 4.06. The Morgan fingerprint density at radius 3 is 2.88 bits per heavy atom. The van der Waals surface area contributed by atoms with Crippen LogP contribution in [0.2, 0.25) is 0 Å². The molecule has 0 radical (unpaired) electrons. The van der Waals surface area contributed by atoms with E-state index in [1.165, 1.54) is 7.11 Å². The third kappa shape index (κ3) is 4.01. The lowest BCUT2D eigenvalue weighted by Crippen LogP contribution is -2.48.